The summed E-state index contributed by atoms with van der Waals surface area (Å²) in [5, 5.41) is 0. The Morgan fingerprint density at radius 2 is 2.00 bits per heavy atom. The van der Waals surface area contributed by atoms with E-state index in [1.807, 2.05) is 0 Å². The van der Waals surface area contributed by atoms with Crippen molar-refractivity contribution in [2.45, 2.75) is 5.75 Å². The standard InChI is InChI=1S/C14H15BrN2O3S/c1-20-14-7-11(15)6-13(8-14)17-21(18,19)9-10-3-2-4-12(16)5-10/h2-8,17H,9,16H2,1H3. The molecule has 0 aliphatic heterocycles. The lowest BCUT2D eigenvalue weighted by Crippen LogP contribution is -2.15. The predicted octanol–water partition coefficient (Wildman–Crippen LogP) is 2.98. The van der Waals surface area contributed by atoms with Crippen molar-refractivity contribution < 1.29 is 13.2 Å². The molecule has 0 atom stereocenters. The number of nitrogen functional groups attached to an aromatic ring is 1. The van der Waals surface area contributed by atoms with Crippen LogP contribution in [0.15, 0.2) is 46.9 Å². The fourth-order valence-electron chi connectivity index (χ4n) is 1.86. The van der Waals surface area contributed by atoms with E-state index >= 15 is 0 Å². The molecule has 0 unspecified atom stereocenters. The first-order chi connectivity index (χ1) is 9.88. The maximum Gasteiger partial charge on any atom is 0.236 e. The molecule has 0 aliphatic carbocycles. The second kappa shape index (κ2) is 6.36. The molecule has 2 aromatic rings. The summed E-state index contributed by atoms with van der Waals surface area (Å²) in [6.45, 7) is 0. The summed E-state index contributed by atoms with van der Waals surface area (Å²) in [7, 11) is -2.01. The number of nitrogens with two attached hydrogens (primary N) is 1. The maximum absolute atomic E-state index is 12.2. The third kappa shape index (κ3) is 4.64. The molecule has 21 heavy (non-hydrogen) atoms. The van der Waals surface area contributed by atoms with Gasteiger partial charge in [0.2, 0.25) is 10.0 Å². The second-order valence-electron chi connectivity index (χ2n) is 4.49. The first kappa shape index (κ1) is 15.7. The van der Waals surface area contributed by atoms with Crippen LogP contribution in [0.4, 0.5) is 11.4 Å². The molecule has 0 amide bonds. The van der Waals surface area contributed by atoms with Crippen molar-refractivity contribution in [2.75, 3.05) is 17.6 Å². The zero-order valence-corrected chi connectivity index (χ0v) is 13.7. The smallest absolute Gasteiger partial charge is 0.236 e. The summed E-state index contributed by atoms with van der Waals surface area (Å²) < 4.78 is 32.7. The molecular formula is C14H15BrN2O3S. The van der Waals surface area contributed by atoms with E-state index in [9.17, 15) is 8.42 Å². The monoisotopic (exact) mass is 370 g/mol. The highest BCUT2D eigenvalue weighted by molar-refractivity contribution is 9.10. The highest BCUT2D eigenvalue weighted by Gasteiger charge is 2.13. The van der Waals surface area contributed by atoms with Crippen LogP contribution in [0.2, 0.25) is 0 Å². The van der Waals surface area contributed by atoms with Crippen LogP contribution in [0.25, 0.3) is 0 Å². The van der Waals surface area contributed by atoms with E-state index in [1.54, 1.807) is 42.5 Å². The van der Waals surface area contributed by atoms with Crippen LogP contribution in [0.1, 0.15) is 5.56 Å². The molecule has 0 bridgehead atoms. The van der Waals surface area contributed by atoms with Gasteiger partial charge in [0.05, 0.1) is 18.6 Å². The van der Waals surface area contributed by atoms with Gasteiger partial charge in [0.1, 0.15) is 5.75 Å². The van der Waals surface area contributed by atoms with Gasteiger partial charge in [0.15, 0.2) is 0 Å². The van der Waals surface area contributed by atoms with Crippen molar-refractivity contribution in [2.24, 2.45) is 0 Å². The van der Waals surface area contributed by atoms with Crippen LogP contribution in [0, 0.1) is 0 Å². The van der Waals surface area contributed by atoms with Crippen molar-refractivity contribution in [3.63, 3.8) is 0 Å². The lowest BCUT2D eigenvalue weighted by Gasteiger charge is -2.10. The molecule has 0 saturated carbocycles. The van der Waals surface area contributed by atoms with Gasteiger partial charge in [-0.05, 0) is 29.8 Å². The molecule has 0 fully saturated rings. The SMILES string of the molecule is COc1cc(Br)cc(NS(=O)(=O)Cc2cccc(N)c2)c1. The fraction of sp³-hybridized carbons (Fsp3) is 0.143. The third-order valence-corrected chi connectivity index (χ3v) is 4.41. The van der Waals surface area contributed by atoms with E-state index < -0.39 is 10.0 Å². The molecule has 0 heterocycles. The molecule has 0 aromatic heterocycles. The van der Waals surface area contributed by atoms with Gasteiger partial charge in [-0.2, -0.15) is 0 Å². The Hall–Kier alpha value is -1.73. The molecular weight excluding hydrogens is 356 g/mol. The third-order valence-electron chi connectivity index (χ3n) is 2.69. The quantitative estimate of drug-likeness (QED) is 0.792. The number of halogens is 1. The summed E-state index contributed by atoms with van der Waals surface area (Å²) in [4.78, 5) is 0. The van der Waals surface area contributed by atoms with Crippen LogP contribution in [-0.2, 0) is 15.8 Å². The molecule has 0 spiro atoms. The van der Waals surface area contributed by atoms with Crippen molar-refractivity contribution in [3.05, 3.63) is 52.5 Å². The number of rotatable bonds is 5. The topological polar surface area (TPSA) is 81.4 Å². The number of nitrogens with one attached hydrogen (secondary N) is 1. The molecule has 3 N–H and O–H groups in total. The summed E-state index contributed by atoms with van der Waals surface area (Å²) in [5.74, 6) is 0.415. The van der Waals surface area contributed by atoms with E-state index in [1.165, 1.54) is 7.11 Å². The Labute approximate surface area is 132 Å². The highest BCUT2D eigenvalue weighted by atomic mass is 79.9. The van der Waals surface area contributed by atoms with Gasteiger partial charge in [-0.1, -0.05) is 28.1 Å². The zero-order valence-electron chi connectivity index (χ0n) is 11.3. The summed E-state index contributed by atoms with van der Waals surface area (Å²) >= 11 is 3.31. The summed E-state index contributed by atoms with van der Waals surface area (Å²) in [6, 6.07) is 11.8. The van der Waals surface area contributed by atoms with Gasteiger partial charge in [-0.3, -0.25) is 4.72 Å². The molecule has 0 radical (unpaired) electrons. The first-order valence-corrected chi connectivity index (χ1v) is 8.52. The zero-order chi connectivity index (χ0) is 15.5. The highest BCUT2D eigenvalue weighted by Crippen LogP contribution is 2.25. The van der Waals surface area contributed by atoms with Crippen molar-refractivity contribution >= 4 is 37.3 Å². The lowest BCUT2D eigenvalue weighted by atomic mass is 10.2. The lowest BCUT2D eigenvalue weighted by molar-refractivity contribution is 0.415. The molecule has 2 rings (SSSR count). The predicted molar refractivity (Wildman–Crippen MR) is 87.8 cm³/mol. The number of hydrogen-bond acceptors (Lipinski definition) is 4. The van der Waals surface area contributed by atoms with Crippen LogP contribution >= 0.6 is 15.9 Å². The molecule has 5 nitrogen and oxygen atoms in total. The number of hydrogen-bond donors (Lipinski definition) is 2. The minimum absolute atomic E-state index is 0.146. The van der Waals surface area contributed by atoms with Crippen LogP contribution < -0.4 is 15.2 Å². The number of methoxy groups -OCH3 is 1. The van der Waals surface area contributed by atoms with Crippen molar-refractivity contribution in [1.82, 2.24) is 0 Å². The van der Waals surface area contributed by atoms with E-state index in [2.05, 4.69) is 20.7 Å². The van der Waals surface area contributed by atoms with Gasteiger partial charge in [0.25, 0.3) is 0 Å². The first-order valence-electron chi connectivity index (χ1n) is 6.07. The summed E-state index contributed by atoms with van der Waals surface area (Å²) in [5.41, 5.74) is 7.25. The Kier molecular flexibility index (Phi) is 4.74. The van der Waals surface area contributed by atoms with Crippen molar-refractivity contribution in [3.8, 4) is 5.75 Å². The minimum Gasteiger partial charge on any atom is -0.497 e. The van der Waals surface area contributed by atoms with Gasteiger partial charge >= 0.3 is 0 Å². The molecule has 2 aromatic carbocycles. The van der Waals surface area contributed by atoms with Crippen LogP contribution in [0.5, 0.6) is 5.75 Å². The Balaban J connectivity index is 2.19. The molecule has 112 valence electrons. The second-order valence-corrected chi connectivity index (χ2v) is 7.12. The Bertz CT molecular complexity index is 748. The Morgan fingerprint density at radius 1 is 1.24 bits per heavy atom. The maximum atomic E-state index is 12.2. The van der Waals surface area contributed by atoms with Crippen molar-refractivity contribution in [1.29, 1.82) is 0 Å². The van der Waals surface area contributed by atoms with E-state index in [4.69, 9.17) is 10.5 Å². The van der Waals surface area contributed by atoms with Crippen LogP contribution in [-0.4, -0.2) is 15.5 Å². The van der Waals surface area contributed by atoms with Gasteiger partial charge < -0.3 is 10.5 Å². The number of benzene rings is 2. The average Bonchev–Trinajstić information content (AvgIpc) is 2.36. The van der Waals surface area contributed by atoms with Gasteiger partial charge in [0, 0.05) is 16.2 Å². The normalized spacial score (nSPS) is 11.1. The van der Waals surface area contributed by atoms with E-state index in [0.717, 1.165) is 4.47 Å². The molecule has 0 aliphatic rings. The van der Waals surface area contributed by atoms with E-state index in [0.29, 0.717) is 22.7 Å². The van der Waals surface area contributed by atoms with Crippen LogP contribution in [0.3, 0.4) is 0 Å². The van der Waals surface area contributed by atoms with Gasteiger partial charge in [-0.15, -0.1) is 0 Å². The number of anilines is 2. The Morgan fingerprint density at radius 3 is 2.67 bits per heavy atom. The largest absolute Gasteiger partial charge is 0.497 e. The average molecular weight is 371 g/mol. The fourth-order valence-corrected chi connectivity index (χ4v) is 3.50. The number of sulfonamides is 1. The minimum atomic E-state index is -3.53. The molecule has 7 heteroatoms. The summed E-state index contributed by atoms with van der Waals surface area (Å²) in [6.07, 6.45) is 0. The van der Waals surface area contributed by atoms with Gasteiger partial charge in [-0.25, -0.2) is 8.42 Å². The van der Waals surface area contributed by atoms with E-state index in [-0.39, 0.29) is 5.75 Å². The molecule has 0 saturated heterocycles. The number of ether oxygens (including phenoxy) is 1.